The molecule has 0 amide bonds. The van der Waals surface area contributed by atoms with Crippen LogP contribution < -0.4 is 0 Å². The van der Waals surface area contributed by atoms with Crippen LogP contribution >= 0.6 is 35.6 Å². The van der Waals surface area contributed by atoms with Gasteiger partial charge in [-0.2, -0.15) is 0 Å². The molecule has 0 bridgehead atoms. The molecule has 0 spiro atoms. The molecule has 17 heavy (non-hydrogen) atoms. The Bertz CT molecular complexity index is 609. The van der Waals surface area contributed by atoms with Gasteiger partial charge in [0.1, 0.15) is 0 Å². The summed E-state index contributed by atoms with van der Waals surface area (Å²) in [5.74, 6) is -0.0464. The van der Waals surface area contributed by atoms with E-state index in [4.69, 9.17) is 23.8 Å². The van der Waals surface area contributed by atoms with Crippen LogP contribution in [0.1, 0.15) is 0 Å². The summed E-state index contributed by atoms with van der Waals surface area (Å²) in [6.45, 7) is 0. The number of thioether (sulfide) groups is 1. The third-order valence-electron chi connectivity index (χ3n) is 2.12. The number of aromatic hydroxyl groups is 1. The Hall–Kier alpha value is -1.11. The number of halogens is 1. The van der Waals surface area contributed by atoms with Crippen LogP contribution in [-0.4, -0.2) is 20.7 Å². The average molecular weight is 286 g/mol. The summed E-state index contributed by atoms with van der Waals surface area (Å²) in [5.41, 5.74) is 1.09. The molecule has 2 rings (SSSR count). The molecular weight excluding hydrogens is 278 g/mol. The zero-order valence-electron chi connectivity index (χ0n) is 8.77. The van der Waals surface area contributed by atoms with Crippen molar-refractivity contribution in [2.24, 2.45) is 10.2 Å². The molecule has 1 aromatic heterocycles. The minimum atomic E-state index is -0.0464. The number of H-pyrrole nitrogens is 1. The Kier molecular flexibility index (Phi) is 3.66. The van der Waals surface area contributed by atoms with Crippen molar-refractivity contribution in [2.75, 3.05) is 6.26 Å². The topological polar surface area (TPSA) is 60.7 Å². The lowest BCUT2D eigenvalue weighted by molar-refractivity contribution is 0.459. The lowest BCUT2D eigenvalue weighted by atomic mass is 10.2. The Balaban J connectivity index is 2.52. The molecular formula is C10H8ClN3OS2. The number of hydrogen-bond donors (Lipinski definition) is 2. The van der Waals surface area contributed by atoms with E-state index in [-0.39, 0.29) is 5.88 Å². The van der Waals surface area contributed by atoms with Gasteiger partial charge in [-0.3, -0.25) is 0 Å². The van der Waals surface area contributed by atoms with E-state index in [0.29, 0.717) is 20.4 Å². The number of nitrogens with zero attached hydrogens (tertiary/aromatic N) is 2. The van der Waals surface area contributed by atoms with Crippen molar-refractivity contribution >= 4 is 56.5 Å². The molecule has 0 saturated heterocycles. The van der Waals surface area contributed by atoms with E-state index >= 15 is 0 Å². The highest BCUT2D eigenvalue weighted by Crippen LogP contribution is 2.36. The normalized spacial score (nSPS) is 11.4. The second-order valence-corrected chi connectivity index (χ2v) is 5.06. The second kappa shape index (κ2) is 5.03. The van der Waals surface area contributed by atoms with Gasteiger partial charge in [0.2, 0.25) is 5.88 Å². The van der Waals surface area contributed by atoms with E-state index < -0.39 is 0 Å². The molecule has 4 nitrogen and oxygen atoms in total. The molecule has 0 aliphatic heterocycles. The predicted molar refractivity (Wildman–Crippen MR) is 75.6 cm³/mol. The standard InChI is InChI=1S/C10H8ClN3OS2/c1-17-10(16)14-13-8-6-4-5(11)2-3-7(6)12-9(8)15/h2-4,12,15H,1H3. The van der Waals surface area contributed by atoms with Crippen LogP contribution in [0.4, 0.5) is 5.69 Å². The zero-order chi connectivity index (χ0) is 12.4. The Morgan fingerprint density at radius 1 is 1.53 bits per heavy atom. The van der Waals surface area contributed by atoms with Gasteiger partial charge in [-0.05, 0) is 36.7 Å². The molecule has 0 unspecified atom stereocenters. The van der Waals surface area contributed by atoms with Crippen molar-refractivity contribution in [1.82, 2.24) is 4.98 Å². The number of nitrogens with one attached hydrogen (secondary N) is 1. The summed E-state index contributed by atoms with van der Waals surface area (Å²) in [4.78, 5) is 2.79. The quantitative estimate of drug-likeness (QED) is 0.608. The van der Waals surface area contributed by atoms with E-state index in [1.165, 1.54) is 11.8 Å². The lowest BCUT2D eigenvalue weighted by Gasteiger charge is -1.93. The zero-order valence-corrected chi connectivity index (χ0v) is 11.2. The van der Waals surface area contributed by atoms with Gasteiger partial charge < -0.3 is 10.1 Å². The first kappa shape index (κ1) is 12.3. The number of rotatable bonds is 1. The fourth-order valence-corrected chi connectivity index (χ4v) is 1.70. The Morgan fingerprint density at radius 2 is 2.29 bits per heavy atom. The molecule has 1 heterocycles. The van der Waals surface area contributed by atoms with Crippen molar-refractivity contribution < 1.29 is 5.11 Å². The van der Waals surface area contributed by atoms with Crippen LogP contribution in [-0.2, 0) is 0 Å². The minimum Gasteiger partial charge on any atom is -0.493 e. The van der Waals surface area contributed by atoms with Gasteiger partial charge in [0.25, 0.3) is 0 Å². The third-order valence-corrected chi connectivity index (χ3v) is 3.37. The van der Waals surface area contributed by atoms with Crippen LogP contribution in [0.15, 0.2) is 28.4 Å². The maximum Gasteiger partial charge on any atom is 0.218 e. The SMILES string of the molecule is CSC(=S)N=Nc1c(O)[nH]c2ccc(Cl)cc12. The third kappa shape index (κ3) is 2.59. The highest BCUT2D eigenvalue weighted by Gasteiger charge is 2.10. The molecule has 2 N–H and O–H groups in total. The predicted octanol–water partition coefficient (Wildman–Crippen LogP) is 4.26. The first-order valence-corrected chi connectivity index (χ1v) is 6.63. The molecule has 0 aliphatic carbocycles. The van der Waals surface area contributed by atoms with Crippen molar-refractivity contribution in [3.8, 4) is 5.88 Å². The number of azo groups is 1. The van der Waals surface area contributed by atoms with Crippen LogP contribution in [0.3, 0.4) is 0 Å². The van der Waals surface area contributed by atoms with Crippen molar-refractivity contribution in [2.45, 2.75) is 0 Å². The summed E-state index contributed by atoms with van der Waals surface area (Å²) in [7, 11) is 0. The molecule has 0 saturated carbocycles. The van der Waals surface area contributed by atoms with Gasteiger partial charge in [0.15, 0.2) is 10.0 Å². The number of fused-ring (bicyclic) bond motifs is 1. The van der Waals surface area contributed by atoms with Gasteiger partial charge in [-0.25, -0.2) is 0 Å². The van der Waals surface area contributed by atoms with Crippen LogP contribution in [0.2, 0.25) is 5.02 Å². The second-order valence-electron chi connectivity index (χ2n) is 3.18. The summed E-state index contributed by atoms with van der Waals surface area (Å²) in [6, 6.07) is 5.21. The molecule has 0 atom stereocenters. The van der Waals surface area contributed by atoms with Gasteiger partial charge in [-0.1, -0.05) is 23.4 Å². The largest absolute Gasteiger partial charge is 0.493 e. The van der Waals surface area contributed by atoms with Gasteiger partial charge >= 0.3 is 0 Å². The average Bonchev–Trinajstić information content (AvgIpc) is 2.61. The summed E-state index contributed by atoms with van der Waals surface area (Å²) >= 11 is 12.1. The van der Waals surface area contributed by atoms with Crippen LogP contribution in [0, 0.1) is 0 Å². The highest BCUT2D eigenvalue weighted by molar-refractivity contribution is 8.22. The summed E-state index contributed by atoms with van der Waals surface area (Å²) in [6.07, 6.45) is 1.81. The molecule has 0 radical (unpaired) electrons. The van der Waals surface area contributed by atoms with E-state index in [1.54, 1.807) is 18.2 Å². The molecule has 0 aliphatic rings. The monoisotopic (exact) mass is 285 g/mol. The number of hydrogen-bond acceptors (Lipinski definition) is 4. The number of aromatic nitrogens is 1. The van der Waals surface area contributed by atoms with Crippen LogP contribution in [0.25, 0.3) is 10.9 Å². The van der Waals surface area contributed by atoms with Crippen LogP contribution in [0.5, 0.6) is 5.88 Å². The number of aromatic amines is 1. The smallest absolute Gasteiger partial charge is 0.218 e. The fourth-order valence-electron chi connectivity index (χ4n) is 1.37. The van der Waals surface area contributed by atoms with Crippen molar-refractivity contribution in [3.63, 3.8) is 0 Å². The molecule has 1 aromatic carbocycles. The lowest BCUT2D eigenvalue weighted by Crippen LogP contribution is -1.75. The van der Waals surface area contributed by atoms with E-state index in [1.807, 2.05) is 6.26 Å². The van der Waals surface area contributed by atoms with Gasteiger partial charge in [-0.15, -0.1) is 10.2 Å². The van der Waals surface area contributed by atoms with Gasteiger partial charge in [0.05, 0.1) is 5.52 Å². The first-order chi connectivity index (χ1) is 8.11. The fraction of sp³-hybridized carbons (Fsp3) is 0.100. The summed E-state index contributed by atoms with van der Waals surface area (Å²) in [5, 5.41) is 18.7. The van der Waals surface area contributed by atoms with Crippen molar-refractivity contribution in [1.29, 1.82) is 0 Å². The van der Waals surface area contributed by atoms with Gasteiger partial charge in [0, 0.05) is 10.4 Å². The van der Waals surface area contributed by atoms with E-state index in [2.05, 4.69) is 15.2 Å². The Labute approximate surface area is 112 Å². The maximum atomic E-state index is 9.71. The molecule has 88 valence electrons. The van der Waals surface area contributed by atoms with E-state index in [0.717, 1.165) is 5.52 Å². The molecule has 7 heteroatoms. The minimum absolute atomic E-state index is 0.0464. The highest BCUT2D eigenvalue weighted by atomic mass is 35.5. The maximum absolute atomic E-state index is 9.71. The summed E-state index contributed by atoms with van der Waals surface area (Å²) < 4.78 is 0.403. The number of benzene rings is 1. The molecule has 2 aromatic rings. The van der Waals surface area contributed by atoms with Crippen molar-refractivity contribution in [3.05, 3.63) is 23.2 Å². The number of thiocarbonyl (C=S) groups is 1. The first-order valence-electron chi connectivity index (χ1n) is 4.61. The van der Waals surface area contributed by atoms with E-state index in [9.17, 15) is 5.11 Å². The Morgan fingerprint density at radius 3 is 3.00 bits per heavy atom. The molecule has 0 fully saturated rings.